The van der Waals surface area contributed by atoms with Crippen LogP contribution < -0.4 is 9.64 Å². The van der Waals surface area contributed by atoms with Crippen LogP contribution in [0.2, 0.25) is 0 Å². The molecule has 1 aliphatic rings. The van der Waals surface area contributed by atoms with E-state index < -0.39 is 22.1 Å². The Balaban J connectivity index is 1.44. The first kappa shape index (κ1) is 19.8. The van der Waals surface area contributed by atoms with E-state index in [1.807, 2.05) is 4.90 Å². The molecule has 1 saturated heterocycles. The Kier molecular flexibility index (Phi) is 5.04. The Morgan fingerprint density at radius 3 is 2.38 bits per heavy atom. The topological polar surface area (TPSA) is 88.5 Å². The van der Waals surface area contributed by atoms with Gasteiger partial charge in [-0.15, -0.1) is 13.2 Å². The van der Waals surface area contributed by atoms with Crippen molar-refractivity contribution in [2.45, 2.75) is 11.3 Å². The van der Waals surface area contributed by atoms with Crippen molar-refractivity contribution in [3.63, 3.8) is 0 Å². The third-order valence-corrected chi connectivity index (χ3v) is 7.22. The summed E-state index contributed by atoms with van der Waals surface area (Å²) in [7, 11) is -3.82. The van der Waals surface area contributed by atoms with Crippen LogP contribution in [-0.4, -0.2) is 60.2 Å². The number of nitrogens with zero attached hydrogens (tertiary/aromatic N) is 5. The summed E-state index contributed by atoms with van der Waals surface area (Å²) in [5.41, 5.74) is 0.684. The number of thiazole rings is 1. The molecule has 1 aromatic carbocycles. The van der Waals surface area contributed by atoms with Gasteiger partial charge in [0.15, 0.2) is 5.13 Å². The molecule has 0 bridgehead atoms. The zero-order chi connectivity index (χ0) is 20.6. The fraction of sp³-hybridized carbons (Fsp3) is 0.312. The van der Waals surface area contributed by atoms with Crippen LogP contribution in [0.5, 0.6) is 5.75 Å². The van der Waals surface area contributed by atoms with Crippen LogP contribution in [-0.2, 0) is 10.0 Å². The lowest BCUT2D eigenvalue weighted by Crippen LogP contribution is -2.48. The second-order valence-corrected chi connectivity index (χ2v) is 9.01. The molecule has 154 valence electrons. The first-order chi connectivity index (χ1) is 13.7. The number of fused-ring (bicyclic) bond motifs is 1. The molecule has 4 rings (SSSR count). The average Bonchev–Trinajstić information content (AvgIpc) is 3.11. The van der Waals surface area contributed by atoms with Crippen LogP contribution in [0.25, 0.3) is 10.3 Å². The van der Waals surface area contributed by atoms with Crippen LogP contribution >= 0.6 is 11.3 Å². The second-order valence-electron chi connectivity index (χ2n) is 6.12. The summed E-state index contributed by atoms with van der Waals surface area (Å²) < 4.78 is 67.4. The number of rotatable bonds is 4. The average molecular weight is 445 g/mol. The zero-order valence-electron chi connectivity index (χ0n) is 14.7. The van der Waals surface area contributed by atoms with E-state index in [2.05, 4.69) is 19.7 Å². The van der Waals surface area contributed by atoms with Crippen molar-refractivity contribution in [2.75, 3.05) is 31.1 Å². The molecule has 8 nitrogen and oxygen atoms in total. The molecule has 1 aliphatic heterocycles. The number of piperazine rings is 1. The van der Waals surface area contributed by atoms with Crippen molar-refractivity contribution < 1.29 is 26.3 Å². The quantitative estimate of drug-likeness (QED) is 0.610. The van der Waals surface area contributed by atoms with Crippen molar-refractivity contribution in [3.05, 3.63) is 36.8 Å². The summed E-state index contributed by atoms with van der Waals surface area (Å²) in [6, 6.07) is 4.18. The number of alkyl halides is 3. The van der Waals surface area contributed by atoms with Gasteiger partial charge in [-0.2, -0.15) is 4.31 Å². The molecule has 0 atom stereocenters. The molecule has 0 spiro atoms. The largest absolute Gasteiger partial charge is 0.573 e. The highest BCUT2D eigenvalue weighted by Gasteiger charge is 2.32. The minimum atomic E-state index is -4.83. The summed E-state index contributed by atoms with van der Waals surface area (Å²) in [5.74, 6) is -0.472. The molecule has 3 aromatic rings. The molecule has 13 heteroatoms. The van der Waals surface area contributed by atoms with Crippen LogP contribution in [0.3, 0.4) is 0 Å². The maximum absolute atomic E-state index is 12.8. The molecule has 1 fully saturated rings. The summed E-state index contributed by atoms with van der Waals surface area (Å²) >= 11 is 1.40. The van der Waals surface area contributed by atoms with Crippen LogP contribution in [0.15, 0.2) is 41.7 Å². The monoisotopic (exact) mass is 445 g/mol. The maximum Gasteiger partial charge on any atom is 0.573 e. The zero-order valence-corrected chi connectivity index (χ0v) is 16.3. The summed E-state index contributed by atoms with van der Waals surface area (Å²) in [5, 5.41) is 0.742. The molecule has 0 amide bonds. The standard InChI is InChI=1S/C16H14F3N5O3S2/c17-16(18,19)27-11-1-3-12(4-2-11)29(25,26)24-7-5-23(6-8-24)15-22-13-9-20-10-21-14(13)28-15/h1-4,9-10H,5-8H2. The lowest BCUT2D eigenvalue weighted by Gasteiger charge is -2.33. The first-order valence-electron chi connectivity index (χ1n) is 8.40. The molecule has 0 radical (unpaired) electrons. The highest BCUT2D eigenvalue weighted by molar-refractivity contribution is 7.89. The highest BCUT2D eigenvalue weighted by Crippen LogP contribution is 2.29. The Hall–Kier alpha value is -2.51. The van der Waals surface area contributed by atoms with Gasteiger partial charge < -0.3 is 9.64 Å². The van der Waals surface area contributed by atoms with Gasteiger partial charge in [-0.25, -0.2) is 23.4 Å². The van der Waals surface area contributed by atoms with Gasteiger partial charge in [0.05, 0.1) is 11.1 Å². The third-order valence-electron chi connectivity index (χ3n) is 4.27. The van der Waals surface area contributed by atoms with Gasteiger partial charge in [0.1, 0.15) is 22.4 Å². The smallest absolute Gasteiger partial charge is 0.406 e. The normalized spacial score (nSPS) is 16.3. The van der Waals surface area contributed by atoms with E-state index in [0.29, 0.717) is 18.6 Å². The van der Waals surface area contributed by atoms with Crippen LogP contribution in [0.1, 0.15) is 0 Å². The minimum Gasteiger partial charge on any atom is -0.406 e. The molecule has 2 aromatic heterocycles. The number of hydrogen-bond acceptors (Lipinski definition) is 8. The highest BCUT2D eigenvalue weighted by atomic mass is 32.2. The fourth-order valence-electron chi connectivity index (χ4n) is 2.90. The van der Waals surface area contributed by atoms with E-state index in [-0.39, 0.29) is 18.0 Å². The van der Waals surface area contributed by atoms with Crippen LogP contribution in [0.4, 0.5) is 18.3 Å². The molecule has 29 heavy (non-hydrogen) atoms. The Bertz CT molecular complexity index is 1080. The van der Waals surface area contributed by atoms with Gasteiger partial charge in [0.2, 0.25) is 10.0 Å². The number of ether oxygens (including phenoxy) is 1. The number of hydrogen-bond donors (Lipinski definition) is 0. The van der Waals surface area contributed by atoms with Gasteiger partial charge >= 0.3 is 6.36 Å². The minimum absolute atomic E-state index is 0.0873. The molecular formula is C16H14F3N5O3S2. The van der Waals surface area contributed by atoms with E-state index >= 15 is 0 Å². The van der Waals surface area contributed by atoms with Crippen molar-refractivity contribution in [1.29, 1.82) is 0 Å². The Labute approximate surface area is 167 Å². The van der Waals surface area contributed by atoms with Gasteiger partial charge in [-0.3, -0.25) is 0 Å². The SMILES string of the molecule is O=S(=O)(c1ccc(OC(F)(F)F)cc1)N1CCN(c2nc3cncnc3s2)CC1. The van der Waals surface area contributed by atoms with Crippen molar-refractivity contribution >= 4 is 36.8 Å². The van der Waals surface area contributed by atoms with Crippen molar-refractivity contribution in [2.24, 2.45) is 0 Å². The number of aromatic nitrogens is 3. The van der Waals surface area contributed by atoms with E-state index in [9.17, 15) is 21.6 Å². The summed E-state index contributed by atoms with van der Waals surface area (Å²) in [6.07, 6.45) is -1.77. The van der Waals surface area contributed by atoms with Gasteiger partial charge in [0, 0.05) is 26.2 Å². The summed E-state index contributed by atoms with van der Waals surface area (Å²) in [6.45, 7) is 1.32. The number of halogens is 3. The van der Waals surface area contributed by atoms with Gasteiger partial charge in [-0.1, -0.05) is 11.3 Å². The van der Waals surface area contributed by atoms with Gasteiger partial charge in [0.25, 0.3) is 0 Å². The Morgan fingerprint density at radius 2 is 1.76 bits per heavy atom. The first-order valence-corrected chi connectivity index (χ1v) is 10.7. The van der Waals surface area contributed by atoms with E-state index in [1.165, 1.54) is 22.0 Å². The predicted octanol–water partition coefficient (Wildman–Crippen LogP) is 2.50. The summed E-state index contributed by atoms with van der Waals surface area (Å²) in [4.78, 5) is 15.2. The van der Waals surface area contributed by atoms with Crippen LogP contribution in [0, 0.1) is 0 Å². The predicted molar refractivity (Wildman–Crippen MR) is 99.3 cm³/mol. The molecule has 0 N–H and O–H groups in total. The van der Waals surface area contributed by atoms with E-state index in [1.54, 1.807) is 6.20 Å². The number of benzene rings is 1. The molecule has 3 heterocycles. The molecule has 0 unspecified atom stereocenters. The lowest BCUT2D eigenvalue weighted by atomic mass is 10.3. The number of sulfonamides is 1. The molecule has 0 aliphatic carbocycles. The van der Waals surface area contributed by atoms with Crippen molar-refractivity contribution in [1.82, 2.24) is 19.3 Å². The van der Waals surface area contributed by atoms with Gasteiger partial charge in [-0.05, 0) is 24.3 Å². The molecule has 0 saturated carbocycles. The van der Waals surface area contributed by atoms with Crippen molar-refractivity contribution in [3.8, 4) is 5.75 Å². The second kappa shape index (κ2) is 7.39. The van der Waals surface area contributed by atoms with E-state index in [0.717, 1.165) is 34.2 Å². The Morgan fingerprint density at radius 1 is 1.07 bits per heavy atom. The van der Waals surface area contributed by atoms with E-state index in [4.69, 9.17) is 0 Å². The fourth-order valence-corrected chi connectivity index (χ4v) is 5.25. The molecular weight excluding hydrogens is 431 g/mol. The number of anilines is 1. The maximum atomic E-state index is 12.8. The lowest BCUT2D eigenvalue weighted by molar-refractivity contribution is -0.274. The third kappa shape index (κ3) is 4.26.